The van der Waals surface area contributed by atoms with Gasteiger partial charge in [-0.15, -0.1) is 0 Å². The molecule has 7 nitrogen and oxygen atoms in total. The van der Waals surface area contributed by atoms with E-state index in [1.807, 2.05) is 39.0 Å². The van der Waals surface area contributed by atoms with Crippen LogP contribution < -0.4 is 5.32 Å². The lowest BCUT2D eigenvalue weighted by atomic mass is 10.2. The fourth-order valence-corrected chi connectivity index (χ4v) is 3.17. The van der Waals surface area contributed by atoms with Gasteiger partial charge in [0, 0.05) is 42.8 Å². The Morgan fingerprint density at radius 2 is 1.96 bits per heavy atom. The number of nitrogens with one attached hydrogen (secondary N) is 1. The Hall–Kier alpha value is -1.96. The number of amides is 1. The lowest BCUT2D eigenvalue weighted by Gasteiger charge is -2.33. The van der Waals surface area contributed by atoms with Gasteiger partial charge in [0.1, 0.15) is 0 Å². The van der Waals surface area contributed by atoms with Gasteiger partial charge in [-0.05, 0) is 24.6 Å². The molecule has 3 rings (SSSR count). The highest BCUT2D eigenvalue weighted by atomic mass is 35.5. The monoisotopic (exact) mass is 391 g/mol. The zero-order chi connectivity index (χ0) is 19.4. The van der Waals surface area contributed by atoms with Crippen LogP contribution in [0, 0.1) is 6.92 Å². The quantitative estimate of drug-likeness (QED) is 0.816. The number of carbonyl (C=O) groups excluding carboxylic acids is 1. The van der Waals surface area contributed by atoms with E-state index in [2.05, 4.69) is 25.3 Å². The van der Waals surface area contributed by atoms with Crippen LogP contribution in [0.2, 0.25) is 5.02 Å². The third-order valence-electron chi connectivity index (χ3n) is 4.73. The van der Waals surface area contributed by atoms with Gasteiger partial charge in [0.05, 0.1) is 13.1 Å². The first-order chi connectivity index (χ1) is 12.9. The number of anilines is 1. The zero-order valence-corrected chi connectivity index (χ0v) is 16.8. The van der Waals surface area contributed by atoms with E-state index in [1.54, 1.807) is 0 Å². The average Bonchev–Trinajstić information content (AvgIpc) is 3.09. The topological polar surface area (TPSA) is 74.5 Å². The number of piperazine rings is 1. The molecule has 0 unspecified atom stereocenters. The molecule has 27 heavy (non-hydrogen) atoms. The molecule has 0 saturated carbocycles. The molecule has 146 valence electrons. The van der Waals surface area contributed by atoms with Crippen LogP contribution in [0.1, 0.15) is 37.0 Å². The molecule has 1 aliphatic rings. The van der Waals surface area contributed by atoms with Crippen LogP contribution in [-0.2, 0) is 11.3 Å². The molecular formula is C19H26ClN5O2. The molecule has 1 aliphatic heterocycles. The molecule has 2 heterocycles. The molecule has 0 atom stereocenters. The third kappa shape index (κ3) is 5.28. The smallest absolute Gasteiger partial charge is 0.240 e. The second-order valence-electron chi connectivity index (χ2n) is 7.21. The average molecular weight is 392 g/mol. The maximum Gasteiger partial charge on any atom is 0.240 e. The van der Waals surface area contributed by atoms with Crippen molar-refractivity contribution in [3.05, 3.63) is 40.5 Å². The maximum absolute atomic E-state index is 12.3. The summed E-state index contributed by atoms with van der Waals surface area (Å²) in [6.45, 7) is 10.4. The maximum atomic E-state index is 12.3. The number of hydrogen-bond donors (Lipinski definition) is 1. The first-order valence-electron chi connectivity index (χ1n) is 9.24. The summed E-state index contributed by atoms with van der Waals surface area (Å²) in [5.74, 6) is 1.64. The fourth-order valence-electron chi connectivity index (χ4n) is 3.00. The largest absolute Gasteiger partial charge is 0.338 e. The van der Waals surface area contributed by atoms with Gasteiger partial charge < -0.3 is 9.84 Å². The molecule has 1 amide bonds. The molecule has 0 aliphatic carbocycles. The number of benzene rings is 1. The molecule has 0 bridgehead atoms. The molecule has 1 aromatic carbocycles. The molecule has 0 spiro atoms. The van der Waals surface area contributed by atoms with Crippen LogP contribution in [0.5, 0.6) is 0 Å². The Morgan fingerprint density at radius 3 is 2.63 bits per heavy atom. The second kappa shape index (κ2) is 8.82. The number of aromatic nitrogens is 2. The predicted octanol–water partition coefficient (Wildman–Crippen LogP) is 2.91. The highest BCUT2D eigenvalue weighted by Crippen LogP contribution is 2.22. The van der Waals surface area contributed by atoms with E-state index in [0.717, 1.165) is 43.3 Å². The van der Waals surface area contributed by atoms with Crippen LogP contribution in [0.4, 0.5) is 5.69 Å². The Morgan fingerprint density at radius 1 is 1.26 bits per heavy atom. The fraction of sp³-hybridized carbons (Fsp3) is 0.526. The van der Waals surface area contributed by atoms with Gasteiger partial charge in [-0.2, -0.15) is 4.98 Å². The van der Waals surface area contributed by atoms with Crippen molar-refractivity contribution >= 4 is 23.2 Å². The van der Waals surface area contributed by atoms with Crippen molar-refractivity contribution in [1.29, 1.82) is 0 Å². The van der Waals surface area contributed by atoms with Gasteiger partial charge in [-0.1, -0.05) is 36.7 Å². The van der Waals surface area contributed by atoms with Gasteiger partial charge in [-0.25, -0.2) is 0 Å². The number of halogens is 1. The zero-order valence-electron chi connectivity index (χ0n) is 16.0. The van der Waals surface area contributed by atoms with Crippen molar-refractivity contribution in [3.63, 3.8) is 0 Å². The number of nitrogens with zero attached hydrogens (tertiary/aromatic N) is 4. The number of carbonyl (C=O) groups is 1. The molecule has 8 heteroatoms. The molecule has 0 radical (unpaired) electrons. The second-order valence-corrected chi connectivity index (χ2v) is 7.62. The molecular weight excluding hydrogens is 366 g/mol. The summed E-state index contributed by atoms with van der Waals surface area (Å²) in [5.41, 5.74) is 1.65. The van der Waals surface area contributed by atoms with Crippen molar-refractivity contribution < 1.29 is 9.32 Å². The standard InChI is InChI=1S/C19H26ClN5O2/c1-13(2)19-22-18(27-23-19)12-25-9-7-24(8-10-25)11-17(26)21-16-6-4-5-15(20)14(16)3/h4-6,13H,7-12H2,1-3H3,(H,21,26). The van der Waals surface area contributed by atoms with Gasteiger partial charge in [-0.3, -0.25) is 14.6 Å². The van der Waals surface area contributed by atoms with Crippen molar-refractivity contribution in [2.45, 2.75) is 33.2 Å². The van der Waals surface area contributed by atoms with Crippen molar-refractivity contribution in [3.8, 4) is 0 Å². The van der Waals surface area contributed by atoms with Crippen molar-refractivity contribution in [2.75, 3.05) is 38.0 Å². The highest BCUT2D eigenvalue weighted by Gasteiger charge is 2.21. The Kier molecular flexibility index (Phi) is 6.46. The van der Waals surface area contributed by atoms with E-state index >= 15 is 0 Å². The molecule has 1 N–H and O–H groups in total. The minimum Gasteiger partial charge on any atom is -0.338 e. The van der Waals surface area contributed by atoms with E-state index in [0.29, 0.717) is 24.0 Å². The normalized spacial score (nSPS) is 16.0. The number of hydrogen-bond acceptors (Lipinski definition) is 6. The third-order valence-corrected chi connectivity index (χ3v) is 5.14. The van der Waals surface area contributed by atoms with Crippen molar-refractivity contribution in [1.82, 2.24) is 19.9 Å². The number of rotatable bonds is 6. The Bertz CT molecular complexity index is 784. The molecule has 2 aromatic rings. The van der Waals surface area contributed by atoms with Gasteiger partial charge in [0.2, 0.25) is 11.8 Å². The summed E-state index contributed by atoms with van der Waals surface area (Å²) in [6.07, 6.45) is 0. The molecule has 1 aromatic heterocycles. The van der Waals surface area contributed by atoms with E-state index in [1.165, 1.54) is 0 Å². The van der Waals surface area contributed by atoms with Crippen LogP contribution in [0.15, 0.2) is 22.7 Å². The molecule has 1 saturated heterocycles. The summed E-state index contributed by atoms with van der Waals surface area (Å²) in [4.78, 5) is 21.2. The van der Waals surface area contributed by atoms with Crippen LogP contribution in [0.25, 0.3) is 0 Å². The predicted molar refractivity (Wildman–Crippen MR) is 105 cm³/mol. The molecule has 1 fully saturated rings. The summed E-state index contributed by atoms with van der Waals surface area (Å²) in [6, 6.07) is 5.53. The van der Waals surface area contributed by atoms with Gasteiger partial charge >= 0.3 is 0 Å². The summed E-state index contributed by atoms with van der Waals surface area (Å²) in [5, 5.41) is 7.61. The van der Waals surface area contributed by atoms with E-state index < -0.39 is 0 Å². The highest BCUT2D eigenvalue weighted by molar-refractivity contribution is 6.31. The van der Waals surface area contributed by atoms with Gasteiger partial charge in [0.15, 0.2) is 5.82 Å². The summed E-state index contributed by atoms with van der Waals surface area (Å²) < 4.78 is 5.32. The lowest BCUT2D eigenvalue weighted by molar-refractivity contribution is -0.117. The van der Waals surface area contributed by atoms with Crippen LogP contribution in [0.3, 0.4) is 0 Å². The first kappa shape index (κ1) is 19.8. The summed E-state index contributed by atoms with van der Waals surface area (Å²) in [7, 11) is 0. The summed E-state index contributed by atoms with van der Waals surface area (Å²) >= 11 is 6.11. The minimum absolute atomic E-state index is 0.0210. The minimum atomic E-state index is -0.0210. The van der Waals surface area contributed by atoms with Crippen molar-refractivity contribution in [2.24, 2.45) is 0 Å². The lowest BCUT2D eigenvalue weighted by Crippen LogP contribution is -2.48. The van der Waals surface area contributed by atoms with Gasteiger partial charge in [0.25, 0.3) is 0 Å². The van der Waals surface area contributed by atoms with E-state index in [4.69, 9.17) is 16.1 Å². The van der Waals surface area contributed by atoms with Crippen LogP contribution >= 0.6 is 11.6 Å². The van der Waals surface area contributed by atoms with E-state index in [9.17, 15) is 4.79 Å². The first-order valence-corrected chi connectivity index (χ1v) is 9.62. The van der Waals surface area contributed by atoms with Crippen LogP contribution in [-0.4, -0.2) is 58.6 Å². The SMILES string of the molecule is Cc1c(Cl)cccc1NC(=O)CN1CCN(Cc2nc(C(C)C)no2)CC1. The van der Waals surface area contributed by atoms with E-state index in [-0.39, 0.29) is 11.8 Å². The Balaban J connectivity index is 1.44. The Labute approximate surface area is 164 Å².